The average molecular weight is 442 g/mol. The lowest BCUT2D eigenvalue weighted by molar-refractivity contribution is -0.137. The molecule has 1 aromatic heterocycles. The van der Waals surface area contributed by atoms with Gasteiger partial charge in [-0.15, -0.1) is 0 Å². The molecular weight excluding hydrogens is 421 g/mol. The first-order valence-corrected chi connectivity index (χ1v) is 9.26. The first-order valence-electron chi connectivity index (χ1n) is 8.88. The Morgan fingerprint density at radius 2 is 1.90 bits per heavy atom. The minimum atomic E-state index is -1.31. The Balaban J connectivity index is 2.45. The van der Waals surface area contributed by atoms with Crippen LogP contribution in [0.4, 0.5) is 9.18 Å². The number of benzene rings is 1. The highest BCUT2D eigenvalue weighted by molar-refractivity contribution is 6.33. The number of ether oxygens (including phenoxy) is 1. The van der Waals surface area contributed by atoms with E-state index in [9.17, 15) is 23.6 Å². The summed E-state index contributed by atoms with van der Waals surface area (Å²) in [6, 6.07) is 3.81. The molecule has 0 atom stereocenters. The largest absolute Gasteiger partial charge is 0.480 e. The lowest BCUT2D eigenvalue weighted by Crippen LogP contribution is -2.44. The first-order chi connectivity index (χ1) is 13.9. The second-order valence-corrected chi connectivity index (χ2v) is 7.71. The van der Waals surface area contributed by atoms with Gasteiger partial charge in [-0.2, -0.15) is 0 Å². The predicted octanol–water partition coefficient (Wildman–Crippen LogP) is 2.08. The monoisotopic (exact) mass is 441 g/mol. The molecule has 2 rings (SSSR count). The van der Waals surface area contributed by atoms with Crippen molar-refractivity contribution < 1.29 is 23.8 Å². The summed E-state index contributed by atoms with van der Waals surface area (Å²) in [5, 5.41) is 11.1. The summed E-state index contributed by atoms with van der Waals surface area (Å²) in [6.07, 6.45) is 0.280. The number of nitrogens with one attached hydrogen (secondary N) is 1. The van der Waals surface area contributed by atoms with Gasteiger partial charge in [0, 0.05) is 24.8 Å². The van der Waals surface area contributed by atoms with E-state index in [2.05, 4.69) is 5.32 Å². The molecule has 0 fully saturated rings. The quantitative estimate of drug-likeness (QED) is 0.708. The molecule has 0 bridgehead atoms. The maximum Gasteiger partial charge on any atom is 0.407 e. The van der Waals surface area contributed by atoms with Crippen LogP contribution in [-0.2, 0) is 22.6 Å². The van der Waals surface area contributed by atoms with Gasteiger partial charge in [-0.25, -0.2) is 14.0 Å². The Kier molecular flexibility index (Phi) is 7.04. The third kappa shape index (κ3) is 5.69. The normalized spacial score (nSPS) is 11.2. The van der Waals surface area contributed by atoms with E-state index in [0.717, 1.165) is 21.4 Å². The molecule has 0 radical (unpaired) electrons. The fraction of sp³-hybridized carbons (Fsp3) is 0.368. The summed E-state index contributed by atoms with van der Waals surface area (Å²) < 4.78 is 20.5. The van der Waals surface area contributed by atoms with Crippen molar-refractivity contribution in [2.24, 2.45) is 0 Å². The van der Waals surface area contributed by atoms with Crippen LogP contribution in [0.15, 0.2) is 34.0 Å². The fourth-order valence-corrected chi connectivity index (χ4v) is 2.82. The Bertz CT molecular complexity index is 1090. The topological polar surface area (TPSA) is 120 Å². The number of alkyl carbamates (subject to hydrolysis) is 1. The van der Waals surface area contributed by atoms with E-state index in [4.69, 9.17) is 21.4 Å². The van der Waals surface area contributed by atoms with Crippen molar-refractivity contribution in [3.63, 3.8) is 0 Å². The smallest absolute Gasteiger partial charge is 0.407 e. The van der Waals surface area contributed by atoms with Gasteiger partial charge in [0.25, 0.3) is 5.56 Å². The number of carboxylic acids is 1. The van der Waals surface area contributed by atoms with Crippen molar-refractivity contribution >= 4 is 23.7 Å². The average Bonchev–Trinajstić information content (AvgIpc) is 2.61. The molecule has 1 amide bonds. The summed E-state index contributed by atoms with van der Waals surface area (Å²) in [7, 11) is 0. The second kappa shape index (κ2) is 9.12. The molecule has 0 aliphatic carbocycles. The molecule has 162 valence electrons. The number of aromatic nitrogens is 2. The zero-order chi connectivity index (χ0) is 22.6. The molecule has 0 spiro atoms. The van der Waals surface area contributed by atoms with Crippen molar-refractivity contribution in [2.45, 2.75) is 39.5 Å². The molecule has 0 aliphatic rings. The number of carbonyl (C=O) groups excluding carboxylic acids is 1. The molecule has 0 unspecified atom stereocenters. The van der Waals surface area contributed by atoms with Crippen LogP contribution in [0.25, 0.3) is 11.1 Å². The van der Waals surface area contributed by atoms with Crippen LogP contribution in [0.5, 0.6) is 0 Å². The number of rotatable bonds is 6. The van der Waals surface area contributed by atoms with Gasteiger partial charge in [-0.1, -0.05) is 23.7 Å². The van der Waals surface area contributed by atoms with E-state index in [0.29, 0.717) is 0 Å². The van der Waals surface area contributed by atoms with Crippen LogP contribution in [0.1, 0.15) is 20.8 Å². The Morgan fingerprint density at radius 1 is 1.23 bits per heavy atom. The van der Waals surface area contributed by atoms with Gasteiger partial charge in [0.05, 0.1) is 10.6 Å². The molecule has 30 heavy (non-hydrogen) atoms. The zero-order valence-corrected chi connectivity index (χ0v) is 17.3. The standard InChI is InChI=1S/C19H21ClFN3O6/c1-19(2,3)30-17(28)22-7-8-24-16(27)12(9-23(18(24)29)10-14(25)26)11-5-4-6-13(21)15(11)20/h4-6,9H,7-8,10H2,1-3H3,(H,22,28)(H,25,26). The summed E-state index contributed by atoms with van der Waals surface area (Å²) >= 11 is 5.96. The summed E-state index contributed by atoms with van der Waals surface area (Å²) in [5.41, 5.74) is -2.58. The van der Waals surface area contributed by atoms with Gasteiger partial charge in [0.15, 0.2) is 0 Å². The van der Waals surface area contributed by atoms with Gasteiger partial charge < -0.3 is 15.2 Å². The molecule has 9 nitrogen and oxygen atoms in total. The van der Waals surface area contributed by atoms with Crippen molar-refractivity contribution in [2.75, 3.05) is 6.54 Å². The number of hydrogen-bond donors (Lipinski definition) is 2. The van der Waals surface area contributed by atoms with Gasteiger partial charge >= 0.3 is 17.8 Å². The predicted molar refractivity (Wildman–Crippen MR) is 107 cm³/mol. The Hall–Kier alpha value is -3.14. The molecule has 0 aliphatic heterocycles. The number of carbonyl (C=O) groups is 2. The van der Waals surface area contributed by atoms with Crippen molar-refractivity contribution in [1.82, 2.24) is 14.5 Å². The Morgan fingerprint density at radius 3 is 2.50 bits per heavy atom. The van der Waals surface area contributed by atoms with E-state index < -0.39 is 41.3 Å². The van der Waals surface area contributed by atoms with Crippen molar-refractivity contribution in [3.8, 4) is 11.1 Å². The van der Waals surface area contributed by atoms with Crippen LogP contribution >= 0.6 is 11.6 Å². The maximum atomic E-state index is 13.8. The highest BCUT2D eigenvalue weighted by atomic mass is 35.5. The number of carboxylic acid groups (broad SMARTS) is 1. The first kappa shape index (κ1) is 23.1. The fourth-order valence-electron chi connectivity index (χ4n) is 2.59. The molecule has 1 aromatic carbocycles. The number of hydrogen-bond acceptors (Lipinski definition) is 5. The van der Waals surface area contributed by atoms with E-state index >= 15 is 0 Å². The van der Waals surface area contributed by atoms with Gasteiger partial charge in [0.1, 0.15) is 18.0 Å². The maximum absolute atomic E-state index is 13.8. The van der Waals surface area contributed by atoms with E-state index in [1.165, 1.54) is 12.1 Å². The highest BCUT2D eigenvalue weighted by Gasteiger charge is 2.19. The van der Waals surface area contributed by atoms with E-state index in [-0.39, 0.29) is 29.2 Å². The number of amides is 1. The SMILES string of the molecule is CC(C)(C)OC(=O)NCCn1c(=O)c(-c2cccc(F)c2Cl)cn(CC(=O)O)c1=O. The van der Waals surface area contributed by atoms with Gasteiger partial charge in [-0.3, -0.25) is 18.7 Å². The lowest BCUT2D eigenvalue weighted by Gasteiger charge is -2.20. The summed E-state index contributed by atoms with van der Waals surface area (Å²) in [4.78, 5) is 48.3. The van der Waals surface area contributed by atoms with Gasteiger partial charge in [0.2, 0.25) is 0 Å². The molecular formula is C19H21ClFN3O6. The van der Waals surface area contributed by atoms with E-state index in [1.807, 2.05) is 0 Å². The third-order valence-corrected chi connectivity index (χ3v) is 4.17. The van der Waals surface area contributed by atoms with Gasteiger partial charge in [-0.05, 0) is 26.8 Å². The van der Waals surface area contributed by atoms with Crippen LogP contribution in [0.2, 0.25) is 5.02 Å². The summed E-state index contributed by atoms with van der Waals surface area (Å²) in [5.74, 6) is -2.09. The number of aliphatic carboxylic acids is 1. The van der Waals surface area contributed by atoms with Crippen LogP contribution in [0, 0.1) is 5.82 Å². The number of halogens is 2. The summed E-state index contributed by atoms with van der Waals surface area (Å²) in [6.45, 7) is 3.89. The molecule has 1 heterocycles. The lowest BCUT2D eigenvalue weighted by atomic mass is 10.1. The molecule has 0 saturated heterocycles. The van der Waals surface area contributed by atoms with Crippen LogP contribution in [0.3, 0.4) is 0 Å². The molecule has 2 aromatic rings. The molecule has 2 N–H and O–H groups in total. The zero-order valence-electron chi connectivity index (χ0n) is 16.6. The minimum Gasteiger partial charge on any atom is -0.480 e. The third-order valence-electron chi connectivity index (χ3n) is 3.79. The van der Waals surface area contributed by atoms with Crippen molar-refractivity contribution in [3.05, 3.63) is 56.1 Å². The van der Waals surface area contributed by atoms with Crippen LogP contribution < -0.4 is 16.6 Å². The number of nitrogens with zero attached hydrogens (tertiary/aromatic N) is 2. The molecule has 11 heteroatoms. The van der Waals surface area contributed by atoms with E-state index in [1.54, 1.807) is 20.8 Å². The highest BCUT2D eigenvalue weighted by Crippen LogP contribution is 2.27. The van der Waals surface area contributed by atoms with Crippen molar-refractivity contribution in [1.29, 1.82) is 0 Å². The minimum absolute atomic E-state index is 0.00894. The molecule has 0 saturated carbocycles. The Labute approximate surface area is 175 Å². The van der Waals surface area contributed by atoms with Crippen LogP contribution in [-0.4, -0.2) is 38.4 Å². The second-order valence-electron chi connectivity index (χ2n) is 7.33.